The van der Waals surface area contributed by atoms with Crippen LogP contribution in [-0.4, -0.2) is 39.2 Å². The summed E-state index contributed by atoms with van der Waals surface area (Å²) in [6.45, 7) is 0. The number of nitrogens with zero attached hydrogens (tertiary/aromatic N) is 1. The molecule has 0 fully saturated rings. The van der Waals surface area contributed by atoms with Gasteiger partial charge in [-0.05, 0) is 42.5 Å². The molecule has 1 aromatic heterocycles. The van der Waals surface area contributed by atoms with E-state index in [0.29, 0.717) is 17.1 Å². The molecule has 9 heteroatoms. The first-order chi connectivity index (χ1) is 15.0. The summed E-state index contributed by atoms with van der Waals surface area (Å²) < 4.78 is 20.1. The van der Waals surface area contributed by atoms with Crippen molar-refractivity contribution < 1.29 is 33.0 Å². The third kappa shape index (κ3) is 4.50. The van der Waals surface area contributed by atoms with E-state index >= 15 is 0 Å². The highest BCUT2D eigenvalue weighted by Gasteiger charge is 2.28. The van der Waals surface area contributed by atoms with Gasteiger partial charge in [0.25, 0.3) is 5.91 Å². The van der Waals surface area contributed by atoms with Crippen molar-refractivity contribution in [2.24, 2.45) is 0 Å². The molecule has 1 aliphatic rings. The van der Waals surface area contributed by atoms with Gasteiger partial charge in [0.05, 0.1) is 38.9 Å². The van der Waals surface area contributed by atoms with Gasteiger partial charge in [-0.3, -0.25) is 4.79 Å². The summed E-state index contributed by atoms with van der Waals surface area (Å²) in [5.74, 6) is -1.42. The van der Waals surface area contributed by atoms with Crippen LogP contribution in [0.1, 0.15) is 10.6 Å². The first kappa shape index (κ1) is 21.4. The molecule has 160 valence electrons. The molecule has 0 bridgehead atoms. The molecule has 2 aromatic rings. The number of ether oxygens (including phenoxy) is 3. The van der Waals surface area contributed by atoms with Crippen LogP contribution in [0.2, 0.25) is 0 Å². The van der Waals surface area contributed by atoms with Crippen molar-refractivity contribution in [2.75, 3.05) is 31.5 Å². The second-order valence-corrected chi connectivity index (χ2v) is 6.13. The zero-order valence-corrected chi connectivity index (χ0v) is 17.1. The summed E-state index contributed by atoms with van der Waals surface area (Å²) in [6, 6.07) is 7.99. The van der Waals surface area contributed by atoms with Crippen LogP contribution in [-0.2, 0) is 19.1 Å². The number of hydrogen-bond acceptors (Lipinski definition) is 8. The van der Waals surface area contributed by atoms with Crippen molar-refractivity contribution in [1.29, 1.82) is 0 Å². The summed E-state index contributed by atoms with van der Waals surface area (Å²) >= 11 is 0. The standard InChI is InChI=1S/C22H20N2O7/c1-28-17-10-9-14(13-16(17)23-20(25)18-8-6-12-31-18)24-11-5-4-7-15(21(26)29-2)19(24)22(27)30-3/h4-13H,1-3H3,(H,23,25). The van der Waals surface area contributed by atoms with Crippen molar-refractivity contribution in [1.82, 2.24) is 0 Å². The quantitative estimate of drug-likeness (QED) is 0.705. The van der Waals surface area contributed by atoms with Crippen LogP contribution in [0.3, 0.4) is 0 Å². The average Bonchev–Trinajstić information content (AvgIpc) is 3.24. The normalized spacial score (nSPS) is 12.9. The van der Waals surface area contributed by atoms with Crippen LogP contribution >= 0.6 is 0 Å². The molecule has 0 radical (unpaired) electrons. The Morgan fingerprint density at radius 2 is 1.77 bits per heavy atom. The van der Waals surface area contributed by atoms with Crippen molar-refractivity contribution in [3.8, 4) is 5.75 Å². The predicted molar refractivity (Wildman–Crippen MR) is 111 cm³/mol. The van der Waals surface area contributed by atoms with Gasteiger partial charge in [0, 0.05) is 11.9 Å². The van der Waals surface area contributed by atoms with E-state index < -0.39 is 17.8 Å². The number of allylic oxidation sites excluding steroid dienone is 2. The van der Waals surface area contributed by atoms with E-state index in [1.54, 1.807) is 42.6 Å². The maximum atomic E-state index is 12.6. The number of carbonyl (C=O) groups is 3. The van der Waals surface area contributed by atoms with Crippen molar-refractivity contribution in [3.63, 3.8) is 0 Å². The molecule has 3 rings (SSSR count). The summed E-state index contributed by atoms with van der Waals surface area (Å²) in [4.78, 5) is 38.8. The van der Waals surface area contributed by atoms with E-state index in [9.17, 15) is 14.4 Å². The van der Waals surface area contributed by atoms with Crippen molar-refractivity contribution in [3.05, 3.63) is 78.1 Å². The van der Waals surface area contributed by atoms with Gasteiger partial charge in [-0.2, -0.15) is 0 Å². The number of benzene rings is 1. The lowest BCUT2D eigenvalue weighted by Gasteiger charge is -2.24. The van der Waals surface area contributed by atoms with Gasteiger partial charge in [-0.1, -0.05) is 6.08 Å². The average molecular weight is 424 g/mol. The number of furan rings is 1. The Balaban J connectivity index is 2.08. The molecule has 1 amide bonds. The van der Waals surface area contributed by atoms with Gasteiger partial charge in [0.15, 0.2) is 5.76 Å². The second kappa shape index (κ2) is 9.49. The molecule has 1 aromatic carbocycles. The zero-order chi connectivity index (χ0) is 22.4. The highest BCUT2D eigenvalue weighted by molar-refractivity contribution is 6.06. The number of nitrogens with one attached hydrogen (secondary N) is 1. The maximum Gasteiger partial charge on any atom is 0.355 e. The van der Waals surface area contributed by atoms with Gasteiger partial charge >= 0.3 is 11.9 Å². The number of methoxy groups -OCH3 is 3. The number of esters is 2. The number of anilines is 2. The number of carbonyl (C=O) groups excluding carboxylic acids is 3. The number of rotatable bonds is 6. The zero-order valence-electron chi connectivity index (χ0n) is 17.1. The summed E-state index contributed by atoms with van der Waals surface area (Å²) in [6.07, 6.45) is 7.66. The minimum Gasteiger partial charge on any atom is -0.495 e. The predicted octanol–water partition coefficient (Wildman–Crippen LogP) is 3.03. The third-order valence-electron chi connectivity index (χ3n) is 4.34. The fraction of sp³-hybridized carbons (Fsp3) is 0.136. The SMILES string of the molecule is COC(=O)C1=C(C(=O)OC)N(c2ccc(OC)c(NC(=O)c3ccco3)c2)C=CC=C1. The summed E-state index contributed by atoms with van der Waals surface area (Å²) in [5, 5.41) is 2.71. The lowest BCUT2D eigenvalue weighted by molar-refractivity contribution is -0.139. The highest BCUT2D eigenvalue weighted by atomic mass is 16.5. The minimum atomic E-state index is -0.742. The molecular weight excluding hydrogens is 404 g/mol. The number of hydrogen-bond donors (Lipinski definition) is 1. The van der Waals surface area contributed by atoms with Gasteiger partial charge in [-0.25, -0.2) is 9.59 Å². The lowest BCUT2D eigenvalue weighted by atomic mass is 10.1. The fourth-order valence-corrected chi connectivity index (χ4v) is 2.90. The molecule has 2 heterocycles. The van der Waals surface area contributed by atoms with Gasteiger partial charge < -0.3 is 28.8 Å². The fourth-order valence-electron chi connectivity index (χ4n) is 2.90. The molecule has 0 unspecified atom stereocenters. The molecule has 0 atom stereocenters. The van der Waals surface area contributed by atoms with Crippen LogP contribution in [0.5, 0.6) is 5.75 Å². The van der Waals surface area contributed by atoms with E-state index in [1.165, 1.54) is 44.6 Å². The van der Waals surface area contributed by atoms with E-state index in [1.807, 2.05) is 0 Å². The van der Waals surface area contributed by atoms with E-state index in [4.69, 9.17) is 18.6 Å². The summed E-state index contributed by atoms with van der Waals surface area (Å²) in [5.41, 5.74) is 0.748. The second-order valence-electron chi connectivity index (χ2n) is 6.13. The maximum absolute atomic E-state index is 12.6. The third-order valence-corrected chi connectivity index (χ3v) is 4.34. The highest BCUT2D eigenvalue weighted by Crippen LogP contribution is 2.33. The summed E-state index contributed by atoms with van der Waals surface area (Å²) in [7, 11) is 3.89. The minimum absolute atomic E-state index is 0.0105. The van der Waals surface area contributed by atoms with E-state index in [0.717, 1.165) is 0 Å². The first-order valence-corrected chi connectivity index (χ1v) is 9.08. The molecule has 0 spiro atoms. The van der Waals surface area contributed by atoms with Crippen LogP contribution in [0.25, 0.3) is 0 Å². The van der Waals surface area contributed by atoms with Gasteiger partial charge in [0.2, 0.25) is 0 Å². The Bertz CT molecular complexity index is 1080. The molecular formula is C22H20N2O7. The van der Waals surface area contributed by atoms with Gasteiger partial charge in [-0.15, -0.1) is 0 Å². The Morgan fingerprint density at radius 3 is 2.42 bits per heavy atom. The number of amides is 1. The molecule has 1 N–H and O–H groups in total. The monoisotopic (exact) mass is 424 g/mol. The van der Waals surface area contributed by atoms with E-state index in [2.05, 4.69) is 5.32 Å². The van der Waals surface area contributed by atoms with Crippen molar-refractivity contribution >= 4 is 29.2 Å². The van der Waals surface area contributed by atoms with Crippen LogP contribution in [0.15, 0.2) is 76.7 Å². The van der Waals surface area contributed by atoms with Crippen LogP contribution < -0.4 is 15.0 Å². The Morgan fingerprint density at radius 1 is 1.00 bits per heavy atom. The molecule has 31 heavy (non-hydrogen) atoms. The van der Waals surface area contributed by atoms with E-state index in [-0.39, 0.29) is 17.0 Å². The first-order valence-electron chi connectivity index (χ1n) is 9.08. The molecule has 9 nitrogen and oxygen atoms in total. The molecule has 0 saturated heterocycles. The van der Waals surface area contributed by atoms with Gasteiger partial charge in [0.1, 0.15) is 11.4 Å². The topological polar surface area (TPSA) is 107 Å². The Kier molecular flexibility index (Phi) is 6.56. The smallest absolute Gasteiger partial charge is 0.355 e. The molecule has 1 aliphatic heterocycles. The lowest BCUT2D eigenvalue weighted by Crippen LogP contribution is -2.27. The molecule has 0 saturated carbocycles. The van der Waals surface area contributed by atoms with Crippen LogP contribution in [0, 0.1) is 0 Å². The largest absolute Gasteiger partial charge is 0.495 e. The van der Waals surface area contributed by atoms with Crippen molar-refractivity contribution in [2.45, 2.75) is 0 Å². The van der Waals surface area contributed by atoms with Crippen LogP contribution in [0.4, 0.5) is 11.4 Å². The Hall–Kier alpha value is -4.27. The molecule has 0 aliphatic carbocycles. The Labute approximate surface area is 178 Å².